The number of allylic oxidation sites excluding steroid dienone is 4. The Labute approximate surface area is 169 Å². The summed E-state index contributed by atoms with van der Waals surface area (Å²) in [6.07, 6.45) is 12.3. The van der Waals surface area contributed by atoms with E-state index >= 15 is 0 Å². The van der Waals surface area contributed by atoms with Gasteiger partial charge in [-0.3, -0.25) is 4.79 Å². The number of carbonyl (C=O) groups is 1. The van der Waals surface area contributed by atoms with Gasteiger partial charge in [0, 0.05) is 44.5 Å². The molecule has 5 heteroatoms. The summed E-state index contributed by atoms with van der Waals surface area (Å²) in [6.45, 7) is 1.21. The molecule has 1 amide bonds. The monoisotopic (exact) mass is 385 g/mol. The first-order valence-corrected chi connectivity index (χ1v) is 10.0. The van der Waals surface area contributed by atoms with E-state index in [0.717, 1.165) is 24.1 Å². The fraction of sp³-hybridized carbons (Fsp3) is 0.250. The van der Waals surface area contributed by atoms with Crippen LogP contribution in [0.25, 0.3) is 5.57 Å². The first-order valence-electron chi connectivity index (χ1n) is 10.0. The second-order valence-electron chi connectivity index (χ2n) is 7.78. The van der Waals surface area contributed by atoms with Crippen molar-refractivity contribution in [1.82, 2.24) is 14.6 Å². The van der Waals surface area contributed by atoms with Gasteiger partial charge in [-0.15, -0.1) is 0 Å². The molecular weight excluding hydrogens is 362 g/mol. The highest BCUT2D eigenvalue weighted by molar-refractivity contribution is 5.92. The number of benzene rings is 1. The smallest absolute Gasteiger partial charge is 0.292 e. The minimum atomic E-state index is -0.105. The molecule has 146 valence electrons. The molecule has 1 atom stereocenters. The molecule has 2 aromatic heterocycles. The minimum Gasteiger partial charge on any atom is -0.357 e. The highest BCUT2D eigenvalue weighted by Crippen LogP contribution is 2.34. The summed E-state index contributed by atoms with van der Waals surface area (Å²) in [4.78, 5) is 15.1. The molecule has 1 aliphatic carbocycles. The van der Waals surface area contributed by atoms with Crippen LogP contribution in [0.3, 0.4) is 0 Å². The lowest BCUT2D eigenvalue weighted by molar-refractivity contribution is 0.0682. The average Bonchev–Trinajstić information content (AvgIpc) is 3.42. The van der Waals surface area contributed by atoms with E-state index < -0.39 is 0 Å². The van der Waals surface area contributed by atoms with Gasteiger partial charge < -0.3 is 14.0 Å². The number of amides is 1. The number of nitrogens with zero attached hydrogens (tertiary/aromatic N) is 3. The molecule has 29 heavy (non-hydrogen) atoms. The van der Waals surface area contributed by atoms with Gasteiger partial charge in [-0.25, -0.2) is 0 Å². The van der Waals surface area contributed by atoms with E-state index in [1.54, 1.807) is 6.07 Å². The Morgan fingerprint density at radius 3 is 2.93 bits per heavy atom. The summed E-state index contributed by atoms with van der Waals surface area (Å²) in [5.74, 6) is 0.353. The van der Waals surface area contributed by atoms with Crippen LogP contribution in [0, 0.1) is 0 Å². The van der Waals surface area contributed by atoms with Crippen LogP contribution in [0.4, 0.5) is 0 Å². The van der Waals surface area contributed by atoms with Crippen molar-refractivity contribution in [2.24, 2.45) is 7.05 Å². The second-order valence-corrected chi connectivity index (χ2v) is 7.78. The fourth-order valence-corrected chi connectivity index (χ4v) is 4.28. The number of fused-ring (bicyclic) bond motifs is 1. The highest BCUT2D eigenvalue weighted by atomic mass is 16.5. The Balaban J connectivity index is 1.44. The maximum absolute atomic E-state index is 13.2. The van der Waals surface area contributed by atoms with Gasteiger partial charge in [0.15, 0.2) is 0 Å². The van der Waals surface area contributed by atoms with Crippen molar-refractivity contribution in [2.75, 3.05) is 6.54 Å². The topological polar surface area (TPSA) is 51.3 Å². The Morgan fingerprint density at radius 2 is 2.14 bits per heavy atom. The number of carbonyl (C=O) groups excluding carboxylic acids is 1. The van der Waals surface area contributed by atoms with Crippen LogP contribution in [-0.4, -0.2) is 27.1 Å². The van der Waals surface area contributed by atoms with Gasteiger partial charge in [-0.05, 0) is 41.2 Å². The predicted molar refractivity (Wildman–Crippen MR) is 111 cm³/mol. The van der Waals surface area contributed by atoms with Gasteiger partial charge in [0.05, 0.1) is 0 Å². The van der Waals surface area contributed by atoms with E-state index in [-0.39, 0.29) is 11.8 Å². The molecular formula is C24H23N3O2. The van der Waals surface area contributed by atoms with Crippen molar-refractivity contribution in [3.8, 4) is 0 Å². The predicted octanol–water partition coefficient (Wildman–Crippen LogP) is 4.53. The number of hydrogen-bond donors (Lipinski definition) is 0. The molecule has 3 heterocycles. The molecule has 0 radical (unpaired) electrons. The van der Waals surface area contributed by atoms with Crippen LogP contribution in [-0.2, 0) is 13.6 Å². The zero-order chi connectivity index (χ0) is 19.8. The van der Waals surface area contributed by atoms with Crippen LogP contribution in [0.15, 0.2) is 71.5 Å². The number of hydrogen-bond acceptors (Lipinski definition) is 3. The zero-order valence-corrected chi connectivity index (χ0v) is 16.4. The lowest BCUT2D eigenvalue weighted by Crippen LogP contribution is -2.38. The third kappa shape index (κ3) is 3.33. The summed E-state index contributed by atoms with van der Waals surface area (Å²) < 4.78 is 7.51. The van der Waals surface area contributed by atoms with Gasteiger partial charge in [-0.1, -0.05) is 47.7 Å². The van der Waals surface area contributed by atoms with E-state index in [1.165, 1.54) is 16.7 Å². The fourth-order valence-electron chi connectivity index (χ4n) is 4.28. The van der Waals surface area contributed by atoms with Crippen LogP contribution < -0.4 is 0 Å². The van der Waals surface area contributed by atoms with Crippen molar-refractivity contribution in [3.63, 3.8) is 0 Å². The summed E-state index contributed by atoms with van der Waals surface area (Å²) >= 11 is 0. The van der Waals surface area contributed by atoms with E-state index in [1.807, 2.05) is 40.9 Å². The van der Waals surface area contributed by atoms with E-state index in [9.17, 15) is 4.79 Å². The average molecular weight is 385 g/mol. The van der Waals surface area contributed by atoms with Crippen molar-refractivity contribution in [2.45, 2.75) is 25.3 Å². The van der Waals surface area contributed by atoms with Gasteiger partial charge in [0.25, 0.3) is 5.91 Å². The number of aryl methyl sites for hydroxylation is 1. The van der Waals surface area contributed by atoms with Gasteiger partial charge in [-0.2, -0.15) is 0 Å². The summed E-state index contributed by atoms with van der Waals surface area (Å²) in [5.41, 5.74) is 5.56. The first kappa shape index (κ1) is 17.7. The lowest BCUT2D eigenvalue weighted by Gasteiger charge is -2.34. The third-order valence-corrected chi connectivity index (χ3v) is 5.80. The van der Waals surface area contributed by atoms with Gasteiger partial charge >= 0.3 is 0 Å². The van der Waals surface area contributed by atoms with E-state index in [2.05, 4.69) is 41.7 Å². The van der Waals surface area contributed by atoms with Crippen molar-refractivity contribution >= 4 is 11.5 Å². The number of aromatic nitrogens is 2. The summed E-state index contributed by atoms with van der Waals surface area (Å²) in [5, 5.41) is 4.15. The molecule has 5 nitrogen and oxygen atoms in total. The highest BCUT2D eigenvalue weighted by Gasteiger charge is 2.31. The zero-order valence-electron chi connectivity index (χ0n) is 16.4. The largest absolute Gasteiger partial charge is 0.357 e. The standard InChI is InChI=1S/C24H23N3O2/c1-26-12-11-19(14-26)21-16-27(15-18-9-5-6-10-20(18)21)24(28)23-13-22(25-29-23)17-7-3-2-4-8-17/h2-3,5-7,9-14,21H,4,8,15-16H2,1H3. The molecule has 3 aromatic rings. The molecule has 0 fully saturated rings. The Kier molecular flexibility index (Phi) is 4.43. The van der Waals surface area contributed by atoms with Crippen LogP contribution in [0.2, 0.25) is 0 Å². The summed E-state index contributed by atoms with van der Waals surface area (Å²) in [7, 11) is 2.02. The molecule has 5 rings (SSSR count). The molecule has 1 aromatic carbocycles. The maximum Gasteiger partial charge on any atom is 0.292 e. The van der Waals surface area contributed by atoms with E-state index in [0.29, 0.717) is 18.8 Å². The van der Waals surface area contributed by atoms with Crippen molar-refractivity contribution in [3.05, 3.63) is 95.2 Å². The van der Waals surface area contributed by atoms with Gasteiger partial charge in [0.2, 0.25) is 5.76 Å². The molecule has 0 saturated heterocycles. The molecule has 0 N–H and O–H groups in total. The second kappa shape index (κ2) is 7.24. The molecule has 0 bridgehead atoms. The number of rotatable bonds is 3. The van der Waals surface area contributed by atoms with Crippen LogP contribution in [0.1, 0.15) is 51.7 Å². The lowest BCUT2D eigenvalue weighted by atomic mass is 9.85. The Bertz CT molecular complexity index is 1120. The molecule has 0 spiro atoms. The molecule has 0 saturated carbocycles. The minimum absolute atomic E-state index is 0.105. The SMILES string of the molecule is Cn1ccc(C2CN(C(=O)c3cc(C4=CC=CCC4)no3)Cc3ccccc32)c1. The Hall–Kier alpha value is -3.34. The third-order valence-electron chi connectivity index (χ3n) is 5.80. The van der Waals surface area contributed by atoms with Crippen molar-refractivity contribution < 1.29 is 9.32 Å². The normalized spacial score (nSPS) is 18.4. The quantitative estimate of drug-likeness (QED) is 0.665. The maximum atomic E-state index is 13.2. The van der Waals surface area contributed by atoms with Crippen LogP contribution in [0.5, 0.6) is 0 Å². The molecule has 1 unspecified atom stereocenters. The Morgan fingerprint density at radius 1 is 1.24 bits per heavy atom. The van der Waals surface area contributed by atoms with Crippen molar-refractivity contribution in [1.29, 1.82) is 0 Å². The first-order chi connectivity index (χ1) is 14.2. The summed E-state index contributed by atoms with van der Waals surface area (Å²) in [6, 6.07) is 12.3. The molecule has 1 aliphatic heterocycles. The van der Waals surface area contributed by atoms with E-state index in [4.69, 9.17) is 4.52 Å². The molecule has 2 aliphatic rings. The van der Waals surface area contributed by atoms with Gasteiger partial charge in [0.1, 0.15) is 5.69 Å². The van der Waals surface area contributed by atoms with Crippen LogP contribution >= 0.6 is 0 Å².